The minimum Gasteiger partial charge on any atom is -0.365 e. The average Bonchev–Trinajstić information content (AvgIpc) is 2.67. The van der Waals surface area contributed by atoms with Gasteiger partial charge in [0.15, 0.2) is 5.82 Å². The third kappa shape index (κ3) is 4.73. The van der Waals surface area contributed by atoms with Gasteiger partial charge in [-0.3, -0.25) is 4.98 Å². The van der Waals surface area contributed by atoms with Gasteiger partial charge in [0.05, 0.1) is 5.52 Å². The van der Waals surface area contributed by atoms with Gasteiger partial charge in [-0.05, 0) is 36.8 Å². The normalized spacial score (nSPS) is 9.96. The Morgan fingerprint density at radius 1 is 0.889 bits per heavy atom. The summed E-state index contributed by atoms with van der Waals surface area (Å²) >= 11 is 0. The van der Waals surface area contributed by atoms with E-state index in [4.69, 9.17) is 9.97 Å². The molecule has 2 aromatic heterocycles. The zero-order valence-corrected chi connectivity index (χ0v) is 16.4. The number of fused-ring (bicyclic) bond motifs is 1. The zero-order chi connectivity index (χ0) is 17.1. The van der Waals surface area contributed by atoms with Crippen LogP contribution >= 0.6 is 24.8 Å². The number of anilines is 1. The van der Waals surface area contributed by atoms with Crippen LogP contribution in [-0.2, 0) is 6.54 Å². The lowest BCUT2D eigenvalue weighted by Crippen LogP contribution is -2.04. The van der Waals surface area contributed by atoms with Crippen LogP contribution in [0.3, 0.4) is 0 Å². The molecular weight excluding hydrogens is 379 g/mol. The van der Waals surface area contributed by atoms with Gasteiger partial charge in [-0.1, -0.05) is 42.0 Å². The molecule has 0 aliphatic heterocycles. The van der Waals surface area contributed by atoms with Crippen molar-refractivity contribution in [1.82, 2.24) is 15.0 Å². The number of halogens is 2. The van der Waals surface area contributed by atoms with Crippen molar-refractivity contribution in [2.24, 2.45) is 0 Å². The smallest absolute Gasteiger partial charge is 0.163 e. The first kappa shape index (κ1) is 20.6. The fourth-order valence-corrected chi connectivity index (χ4v) is 2.78. The molecule has 4 rings (SSSR count). The quantitative estimate of drug-likeness (QED) is 0.495. The Morgan fingerprint density at radius 2 is 1.70 bits per heavy atom. The maximum absolute atomic E-state index is 4.77. The second-order valence-electron chi connectivity index (χ2n) is 6.00. The minimum absolute atomic E-state index is 0. The summed E-state index contributed by atoms with van der Waals surface area (Å²) in [6.07, 6.45) is 3.54. The van der Waals surface area contributed by atoms with Crippen molar-refractivity contribution >= 4 is 41.5 Å². The van der Waals surface area contributed by atoms with Crippen LogP contribution in [0.15, 0.2) is 73.1 Å². The molecule has 0 radical (unpaired) electrons. The number of aromatic nitrogens is 3. The molecule has 1 N–H and O–H groups in total. The Kier molecular flexibility index (Phi) is 7.11. The molecule has 27 heavy (non-hydrogen) atoms. The molecule has 4 nitrogen and oxygen atoms in total. The minimum atomic E-state index is 0. The molecule has 2 heterocycles. The molecular formula is C21H20Cl2N4. The number of hydrogen-bond acceptors (Lipinski definition) is 4. The van der Waals surface area contributed by atoms with Gasteiger partial charge in [0.2, 0.25) is 0 Å². The number of aryl methyl sites for hydroxylation is 1. The Balaban J connectivity index is 0.00000131. The Morgan fingerprint density at radius 3 is 2.44 bits per heavy atom. The van der Waals surface area contributed by atoms with Crippen LogP contribution in [0.4, 0.5) is 5.82 Å². The van der Waals surface area contributed by atoms with Crippen LogP contribution in [0.1, 0.15) is 11.1 Å². The molecule has 0 bridgehead atoms. The summed E-state index contributed by atoms with van der Waals surface area (Å²) in [6.45, 7) is 2.79. The lowest BCUT2D eigenvalue weighted by molar-refractivity contribution is 1.10. The molecule has 0 fully saturated rings. The molecule has 0 saturated heterocycles. The van der Waals surface area contributed by atoms with Gasteiger partial charge in [0.25, 0.3) is 0 Å². The van der Waals surface area contributed by atoms with E-state index >= 15 is 0 Å². The number of pyridine rings is 1. The summed E-state index contributed by atoms with van der Waals surface area (Å²) in [7, 11) is 0. The monoisotopic (exact) mass is 398 g/mol. The molecule has 138 valence electrons. The molecule has 0 unspecified atom stereocenters. The van der Waals surface area contributed by atoms with Gasteiger partial charge >= 0.3 is 0 Å². The fourth-order valence-electron chi connectivity index (χ4n) is 2.78. The van der Waals surface area contributed by atoms with Crippen molar-refractivity contribution in [1.29, 1.82) is 0 Å². The van der Waals surface area contributed by atoms with Crippen LogP contribution in [0.25, 0.3) is 22.3 Å². The molecule has 0 atom stereocenters. The van der Waals surface area contributed by atoms with Crippen LogP contribution in [0.2, 0.25) is 0 Å². The Hall–Kier alpha value is -2.69. The van der Waals surface area contributed by atoms with Crippen LogP contribution < -0.4 is 5.32 Å². The standard InChI is InChI=1S/C21H18N4.2ClH/c1-15-9-10-19-18(12-15)21(23-13-16-6-3-2-4-7-16)25-20(24-19)17-8-5-11-22-14-17;;/h2-12,14H,13H2,1H3,(H,23,24,25);2*1H. The van der Waals surface area contributed by atoms with Crippen molar-refractivity contribution in [3.63, 3.8) is 0 Å². The highest BCUT2D eigenvalue weighted by Crippen LogP contribution is 2.26. The lowest BCUT2D eigenvalue weighted by Gasteiger charge is -2.11. The molecule has 0 aliphatic rings. The Labute approximate surface area is 170 Å². The van der Waals surface area contributed by atoms with E-state index in [-0.39, 0.29) is 24.8 Å². The zero-order valence-electron chi connectivity index (χ0n) is 14.8. The highest BCUT2D eigenvalue weighted by molar-refractivity contribution is 5.91. The summed E-state index contributed by atoms with van der Waals surface area (Å²) in [5, 5.41) is 4.50. The van der Waals surface area contributed by atoms with Gasteiger partial charge < -0.3 is 5.32 Å². The van der Waals surface area contributed by atoms with E-state index in [1.165, 1.54) is 11.1 Å². The lowest BCUT2D eigenvalue weighted by atomic mass is 10.1. The van der Waals surface area contributed by atoms with E-state index in [0.29, 0.717) is 12.4 Å². The molecule has 4 aromatic rings. The number of rotatable bonds is 4. The summed E-state index contributed by atoms with van der Waals surface area (Å²) in [4.78, 5) is 13.7. The maximum atomic E-state index is 4.77. The molecule has 2 aromatic carbocycles. The molecule has 0 spiro atoms. The highest BCUT2D eigenvalue weighted by atomic mass is 35.5. The molecule has 0 aliphatic carbocycles. The third-order valence-electron chi connectivity index (χ3n) is 4.07. The van der Waals surface area contributed by atoms with E-state index in [1.807, 2.05) is 36.4 Å². The first-order valence-electron chi connectivity index (χ1n) is 8.26. The number of nitrogens with zero attached hydrogens (tertiary/aromatic N) is 3. The largest absolute Gasteiger partial charge is 0.365 e. The number of hydrogen-bond donors (Lipinski definition) is 1. The SMILES string of the molecule is Cc1ccc2nc(-c3cccnc3)nc(NCc3ccccc3)c2c1.Cl.Cl. The number of nitrogens with one attached hydrogen (secondary N) is 1. The number of benzene rings is 2. The van der Waals surface area contributed by atoms with Crippen molar-refractivity contribution in [3.05, 3.63) is 84.2 Å². The van der Waals surface area contributed by atoms with Gasteiger partial charge in [0, 0.05) is 29.9 Å². The fraction of sp³-hybridized carbons (Fsp3) is 0.0952. The van der Waals surface area contributed by atoms with Crippen LogP contribution in [0.5, 0.6) is 0 Å². The van der Waals surface area contributed by atoms with Crippen molar-refractivity contribution < 1.29 is 0 Å². The van der Waals surface area contributed by atoms with Crippen molar-refractivity contribution in [2.45, 2.75) is 13.5 Å². The molecule has 0 saturated carbocycles. The summed E-state index contributed by atoms with van der Waals surface area (Å²) in [5.74, 6) is 1.52. The summed E-state index contributed by atoms with van der Waals surface area (Å²) < 4.78 is 0. The summed E-state index contributed by atoms with van der Waals surface area (Å²) in [5.41, 5.74) is 4.24. The molecule has 0 amide bonds. The highest BCUT2D eigenvalue weighted by Gasteiger charge is 2.10. The van der Waals surface area contributed by atoms with Crippen molar-refractivity contribution in [3.8, 4) is 11.4 Å². The predicted octanol–water partition coefficient (Wildman–Crippen LogP) is 5.46. The van der Waals surface area contributed by atoms with E-state index in [2.05, 4.69) is 41.5 Å². The van der Waals surface area contributed by atoms with Gasteiger partial charge in [-0.2, -0.15) is 0 Å². The molecule has 6 heteroatoms. The Bertz CT molecular complexity index is 1010. The predicted molar refractivity (Wildman–Crippen MR) is 116 cm³/mol. The van der Waals surface area contributed by atoms with E-state index in [1.54, 1.807) is 12.4 Å². The third-order valence-corrected chi connectivity index (χ3v) is 4.07. The first-order valence-corrected chi connectivity index (χ1v) is 8.26. The van der Waals surface area contributed by atoms with Crippen LogP contribution in [-0.4, -0.2) is 15.0 Å². The second kappa shape index (κ2) is 9.31. The van der Waals surface area contributed by atoms with Gasteiger partial charge in [-0.25, -0.2) is 9.97 Å². The van der Waals surface area contributed by atoms with Gasteiger partial charge in [0.1, 0.15) is 5.82 Å². The van der Waals surface area contributed by atoms with E-state index < -0.39 is 0 Å². The van der Waals surface area contributed by atoms with Crippen LogP contribution in [0, 0.1) is 6.92 Å². The summed E-state index contributed by atoms with van der Waals surface area (Å²) in [6, 6.07) is 20.4. The second-order valence-corrected chi connectivity index (χ2v) is 6.00. The maximum Gasteiger partial charge on any atom is 0.163 e. The van der Waals surface area contributed by atoms with E-state index in [9.17, 15) is 0 Å². The van der Waals surface area contributed by atoms with E-state index in [0.717, 1.165) is 22.3 Å². The first-order chi connectivity index (χ1) is 12.3. The topological polar surface area (TPSA) is 50.7 Å². The van der Waals surface area contributed by atoms with Crippen molar-refractivity contribution in [2.75, 3.05) is 5.32 Å². The van der Waals surface area contributed by atoms with Gasteiger partial charge in [-0.15, -0.1) is 24.8 Å². The average molecular weight is 399 g/mol.